The van der Waals surface area contributed by atoms with E-state index in [-0.39, 0.29) is 12.1 Å². The standard InChI is InChI=1S/C23H20N6S/c30-23-27-21(19-7-2-4-12-26-19)22(29(23)16-17-6-1-3-11-25-17)20-8-5-15-28(20)18-9-13-24-14-10-18/h1-15,21-22H,16H2,(H,27,30)/t21-,22-/m0/s1. The van der Waals surface area contributed by atoms with Crippen molar-refractivity contribution in [1.29, 1.82) is 0 Å². The molecule has 1 fully saturated rings. The predicted octanol–water partition coefficient (Wildman–Crippen LogP) is 3.84. The first-order chi connectivity index (χ1) is 14.8. The number of aromatic nitrogens is 4. The SMILES string of the molecule is S=C1N[C@@H](c2ccccn2)[C@H](c2cccn2-c2ccncc2)N1Cc1ccccn1. The first-order valence-electron chi connectivity index (χ1n) is 9.77. The van der Waals surface area contributed by atoms with Crippen molar-refractivity contribution in [1.82, 2.24) is 29.7 Å². The summed E-state index contributed by atoms with van der Waals surface area (Å²) in [5.74, 6) is 0. The van der Waals surface area contributed by atoms with Gasteiger partial charge in [0.15, 0.2) is 5.11 Å². The molecule has 0 saturated carbocycles. The van der Waals surface area contributed by atoms with E-state index in [1.54, 1.807) is 12.4 Å². The third-order valence-corrected chi connectivity index (χ3v) is 5.63. The zero-order valence-electron chi connectivity index (χ0n) is 16.2. The minimum atomic E-state index is -0.0714. The van der Waals surface area contributed by atoms with Crippen molar-refractivity contribution in [2.75, 3.05) is 0 Å². The van der Waals surface area contributed by atoms with Gasteiger partial charge in [0.1, 0.15) is 0 Å². The number of rotatable bonds is 5. The number of hydrogen-bond acceptors (Lipinski definition) is 4. The van der Waals surface area contributed by atoms with Gasteiger partial charge in [0.25, 0.3) is 0 Å². The predicted molar refractivity (Wildman–Crippen MR) is 119 cm³/mol. The van der Waals surface area contributed by atoms with E-state index in [2.05, 4.69) is 48.1 Å². The Morgan fingerprint density at radius 1 is 0.867 bits per heavy atom. The fourth-order valence-corrected chi connectivity index (χ4v) is 4.24. The van der Waals surface area contributed by atoms with Crippen LogP contribution in [-0.2, 0) is 6.54 Å². The van der Waals surface area contributed by atoms with E-state index in [9.17, 15) is 0 Å². The lowest BCUT2D eigenvalue weighted by atomic mass is 10.0. The molecule has 2 atom stereocenters. The van der Waals surface area contributed by atoms with E-state index in [4.69, 9.17) is 12.2 Å². The summed E-state index contributed by atoms with van der Waals surface area (Å²) in [5.41, 5.74) is 4.10. The third kappa shape index (κ3) is 3.44. The van der Waals surface area contributed by atoms with Crippen LogP contribution in [0.15, 0.2) is 91.6 Å². The van der Waals surface area contributed by atoms with Crippen LogP contribution in [0.1, 0.15) is 29.2 Å². The molecule has 0 radical (unpaired) electrons. The molecule has 0 spiro atoms. The lowest BCUT2D eigenvalue weighted by Gasteiger charge is -2.28. The Kier molecular flexibility index (Phi) is 4.94. The van der Waals surface area contributed by atoms with Crippen LogP contribution in [0.4, 0.5) is 0 Å². The molecule has 1 N–H and O–H groups in total. The first kappa shape index (κ1) is 18.4. The van der Waals surface area contributed by atoms with Gasteiger partial charge in [-0.3, -0.25) is 15.0 Å². The summed E-state index contributed by atoms with van der Waals surface area (Å²) in [7, 11) is 0. The normalized spacial score (nSPS) is 18.4. The Hall–Kier alpha value is -3.58. The van der Waals surface area contributed by atoms with Crippen molar-refractivity contribution in [3.63, 3.8) is 0 Å². The van der Waals surface area contributed by atoms with Crippen molar-refractivity contribution in [2.24, 2.45) is 0 Å². The summed E-state index contributed by atoms with van der Waals surface area (Å²) in [4.78, 5) is 15.5. The van der Waals surface area contributed by atoms with Crippen LogP contribution in [-0.4, -0.2) is 29.5 Å². The highest BCUT2D eigenvalue weighted by Crippen LogP contribution is 2.40. The Morgan fingerprint density at radius 2 is 1.67 bits per heavy atom. The highest BCUT2D eigenvalue weighted by molar-refractivity contribution is 7.80. The molecule has 1 aliphatic heterocycles. The van der Waals surface area contributed by atoms with Crippen LogP contribution in [0.3, 0.4) is 0 Å². The van der Waals surface area contributed by atoms with E-state index in [0.717, 1.165) is 22.8 Å². The van der Waals surface area contributed by atoms with Crippen LogP contribution in [0.25, 0.3) is 5.69 Å². The van der Waals surface area contributed by atoms with Crippen molar-refractivity contribution in [2.45, 2.75) is 18.6 Å². The van der Waals surface area contributed by atoms with Crippen LogP contribution in [0.5, 0.6) is 0 Å². The molecule has 7 heteroatoms. The number of nitrogens with one attached hydrogen (secondary N) is 1. The van der Waals surface area contributed by atoms with Crippen molar-refractivity contribution >= 4 is 17.3 Å². The maximum absolute atomic E-state index is 5.77. The molecular weight excluding hydrogens is 392 g/mol. The molecule has 0 aliphatic carbocycles. The summed E-state index contributed by atoms with van der Waals surface area (Å²) in [6.07, 6.45) is 9.31. The topological polar surface area (TPSA) is 58.9 Å². The van der Waals surface area contributed by atoms with Crippen molar-refractivity contribution < 1.29 is 0 Å². The Morgan fingerprint density at radius 3 is 2.40 bits per heavy atom. The number of thiocarbonyl (C=S) groups is 1. The second-order valence-electron chi connectivity index (χ2n) is 7.08. The van der Waals surface area contributed by atoms with E-state index in [0.29, 0.717) is 11.7 Å². The van der Waals surface area contributed by atoms with Gasteiger partial charge in [0, 0.05) is 42.4 Å². The zero-order chi connectivity index (χ0) is 20.3. The fraction of sp³-hybridized carbons (Fsp3) is 0.130. The third-order valence-electron chi connectivity index (χ3n) is 5.28. The summed E-state index contributed by atoms with van der Waals surface area (Å²) in [6.45, 7) is 0.613. The van der Waals surface area contributed by atoms with Gasteiger partial charge in [-0.1, -0.05) is 12.1 Å². The number of pyridine rings is 3. The van der Waals surface area contributed by atoms with Crippen molar-refractivity contribution in [3.8, 4) is 5.69 Å². The Bertz CT molecular complexity index is 1130. The summed E-state index contributed by atoms with van der Waals surface area (Å²) in [5, 5.41) is 4.20. The van der Waals surface area contributed by atoms with E-state index >= 15 is 0 Å². The maximum Gasteiger partial charge on any atom is 0.170 e. The molecule has 0 unspecified atom stereocenters. The van der Waals surface area contributed by atoms with Gasteiger partial charge >= 0.3 is 0 Å². The minimum absolute atomic E-state index is 0.0439. The van der Waals surface area contributed by atoms with Gasteiger partial charge in [-0.15, -0.1) is 0 Å². The molecular formula is C23H20N6S. The molecule has 6 nitrogen and oxygen atoms in total. The van der Waals surface area contributed by atoms with Crippen molar-refractivity contribution in [3.05, 3.63) is 109 Å². The molecule has 0 aromatic carbocycles. The smallest absolute Gasteiger partial charge is 0.170 e. The Balaban J connectivity index is 1.60. The molecule has 5 rings (SSSR count). The average Bonchev–Trinajstić information content (AvgIpc) is 3.40. The minimum Gasteiger partial charge on any atom is -0.352 e. The van der Waals surface area contributed by atoms with Gasteiger partial charge in [0.2, 0.25) is 0 Å². The molecule has 0 bridgehead atoms. The lowest BCUT2D eigenvalue weighted by Crippen LogP contribution is -2.30. The second-order valence-corrected chi connectivity index (χ2v) is 7.47. The van der Waals surface area contributed by atoms with Crippen LogP contribution < -0.4 is 5.32 Å². The lowest BCUT2D eigenvalue weighted by molar-refractivity contribution is 0.299. The van der Waals surface area contributed by atoms with Gasteiger partial charge < -0.3 is 14.8 Å². The molecule has 4 aromatic heterocycles. The maximum atomic E-state index is 5.77. The summed E-state index contributed by atoms with van der Waals surface area (Å²) >= 11 is 5.77. The molecule has 5 heterocycles. The van der Waals surface area contributed by atoms with Crippen LogP contribution in [0, 0.1) is 0 Å². The highest BCUT2D eigenvalue weighted by atomic mass is 32.1. The molecule has 30 heavy (non-hydrogen) atoms. The molecule has 1 saturated heterocycles. The van der Waals surface area contributed by atoms with Gasteiger partial charge in [-0.05, 0) is 60.7 Å². The van der Waals surface area contributed by atoms with E-state index in [1.165, 1.54) is 0 Å². The van der Waals surface area contributed by atoms with Gasteiger partial charge in [0.05, 0.1) is 30.0 Å². The van der Waals surface area contributed by atoms with Crippen LogP contribution >= 0.6 is 12.2 Å². The number of hydrogen-bond donors (Lipinski definition) is 1. The van der Waals surface area contributed by atoms with Gasteiger partial charge in [-0.25, -0.2) is 0 Å². The van der Waals surface area contributed by atoms with E-state index in [1.807, 2.05) is 60.9 Å². The molecule has 148 valence electrons. The summed E-state index contributed by atoms with van der Waals surface area (Å²) in [6, 6.07) is 20.0. The first-order valence-corrected chi connectivity index (χ1v) is 10.2. The molecule has 1 aliphatic rings. The monoisotopic (exact) mass is 412 g/mol. The Labute approximate surface area is 180 Å². The second kappa shape index (κ2) is 8.04. The fourth-order valence-electron chi connectivity index (χ4n) is 3.94. The zero-order valence-corrected chi connectivity index (χ0v) is 17.0. The molecule has 4 aromatic rings. The quantitative estimate of drug-likeness (QED) is 0.503. The average molecular weight is 413 g/mol. The largest absolute Gasteiger partial charge is 0.352 e. The summed E-state index contributed by atoms with van der Waals surface area (Å²) < 4.78 is 2.18. The molecule has 0 amide bonds. The van der Waals surface area contributed by atoms with Crippen LogP contribution in [0.2, 0.25) is 0 Å². The van der Waals surface area contributed by atoms with Gasteiger partial charge in [-0.2, -0.15) is 0 Å². The van der Waals surface area contributed by atoms with E-state index < -0.39 is 0 Å². The highest BCUT2D eigenvalue weighted by Gasteiger charge is 2.41. The number of nitrogens with zero attached hydrogens (tertiary/aromatic N) is 5.